The molecule has 0 amide bonds. The molecule has 1 aliphatic heterocycles. The van der Waals surface area contributed by atoms with E-state index in [1.807, 2.05) is 12.2 Å². The van der Waals surface area contributed by atoms with Crippen molar-refractivity contribution in [3.8, 4) is 0 Å². The standard InChI is InChI=1S/C48H88O14P2/c1-4-5-28-34-45-46(62-45)35-30-25-21-17-14-15-19-23-27-32-37-48(51)61-44(41-60-64(55,56)59-39-43(49)38-58-63(52,53)54)40-57-47(50)36-31-26-22-18-13-11-9-7-6-8-10-12-16-20-24-29-33-42(2)3/h14,17,19,23,25,30,42-46,49H,4-13,15-16,18,20-22,24,26-29,31-41H2,1-3H3,(H,55,56)(H2,52,53,54)/b17-14-,23-19-,30-25-/t43-,44+,45?,46?/m0/s1. The summed E-state index contributed by atoms with van der Waals surface area (Å²) in [6, 6.07) is 0. The lowest BCUT2D eigenvalue weighted by molar-refractivity contribution is -0.161. The predicted molar refractivity (Wildman–Crippen MR) is 252 cm³/mol. The summed E-state index contributed by atoms with van der Waals surface area (Å²) in [5.74, 6) is -0.273. The quantitative estimate of drug-likeness (QED) is 0.0147. The van der Waals surface area contributed by atoms with Crippen LogP contribution in [0.5, 0.6) is 0 Å². The fourth-order valence-electron chi connectivity index (χ4n) is 7.03. The third kappa shape index (κ3) is 40.6. The first-order chi connectivity index (χ1) is 30.7. The Morgan fingerprint density at radius 3 is 1.69 bits per heavy atom. The summed E-state index contributed by atoms with van der Waals surface area (Å²) in [5, 5.41) is 9.77. The number of carbonyl (C=O) groups excluding carboxylic acids is 2. The summed E-state index contributed by atoms with van der Waals surface area (Å²) in [5.41, 5.74) is 0. The van der Waals surface area contributed by atoms with E-state index in [0.29, 0.717) is 31.5 Å². The second-order valence-corrected chi connectivity index (χ2v) is 20.3. The number of hydrogen-bond donors (Lipinski definition) is 4. The van der Waals surface area contributed by atoms with Gasteiger partial charge in [-0.1, -0.05) is 179 Å². The molecule has 374 valence electrons. The van der Waals surface area contributed by atoms with Gasteiger partial charge >= 0.3 is 27.6 Å². The van der Waals surface area contributed by atoms with E-state index in [9.17, 15) is 28.7 Å². The molecule has 14 nitrogen and oxygen atoms in total. The lowest BCUT2D eigenvalue weighted by atomic mass is 10.0. The SMILES string of the molecule is CCCCCC1OC1C/C=C\C/C=C\C/C=C\CCCC(=O)O[C@H](COC(=O)CCCCCCCCCCCCCCCCCCC(C)C)COP(=O)(O)OC[C@@H](O)COP(=O)(O)O. The monoisotopic (exact) mass is 951 g/mol. The Bertz CT molecular complexity index is 1350. The van der Waals surface area contributed by atoms with Crippen LogP contribution < -0.4 is 0 Å². The molecular formula is C48H88O14P2. The highest BCUT2D eigenvalue weighted by atomic mass is 31.2. The zero-order valence-electron chi connectivity index (χ0n) is 39.7. The Balaban J connectivity index is 2.33. The number of unbranched alkanes of at least 4 members (excludes halogenated alkanes) is 18. The van der Waals surface area contributed by atoms with E-state index < -0.39 is 66.2 Å². The molecular weight excluding hydrogens is 862 g/mol. The molecule has 3 unspecified atom stereocenters. The molecule has 1 heterocycles. The van der Waals surface area contributed by atoms with Crippen LogP contribution in [0.3, 0.4) is 0 Å². The van der Waals surface area contributed by atoms with Crippen molar-refractivity contribution in [2.45, 2.75) is 225 Å². The number of allylic oxidation sites excluding steroid dienone is 5. The van der Waals surface area contributed by atoms with Crippen molar-refractivity contribution in [1.82, 2.24) is 0 Å². The summed E-state index contributed by atoms with van der Waals surface area (Å²) in [4.78, 5) is 52.9. The average molecular weight is 951 g/mol. The Morgan fingerprint density at radius 1 is 0.594 bits per heavy atom. The third-order valence-corrected chi connectivity index (χ3v) is 12.3. The maximum absolute atomic E-state index is 12.7. The van der Waals surface area contributed by atoms with E-state index in [2.05, 4.69) is 49.6 Å². The van der Waals surface area contributed by atoms with Crippen molar-refractivity contribution in [1.29, 1.82) is 0 Å². The van der Waals surface area contributed by atoms with Crippen LogP contribution in [0.1, 0.15) is 201 Å². The average Bonchev–Trinajstić information content (AvgIpc) is 4.00. The van der Waals surface area contributed by atoms with Gasteiger partial charge in [0.2, 0.25) is 0 Å². The van der Waals surface area contributed by atoms with E-state index in [-0.39, 0.29) is 12.8 Å². The van der Waals surface area contributed by atoms with Crippen LogP contribution in [0.2, 0.25) is 0 Å². The molecule has 5 atom stereocenters. The number of hydrogen-bond acceptors (Lipinski definition) is 11. The van der Waals surface area contributed by atoms with Crippen molar-refractivity contribution in [2.75, 3.05) is 26.4 Å². The van der Waals surface area contributed by atoms with Gasteiger partial charge in [-0.15, -0.1) is 0 Å². The van der Waals surface area contributed by atoms with Crippen molar-refractivity contribution in [3.05, 3.63) is 36.5 Å². The molecule has 1 saturated heterocycles. The molecule has 1 rings (SSSR count). The zero-order chi connectivity index (χ0) is 47.2. The molecule has 0 spiro atoms. The van der Waals surface area contributed by atoms with Crippen LogP contribution in [0.4, 0.5) is 0 Å². The lowest BCUT2D eigenvalue weighted by Gasteiger charge is -2.20. The molecule has 64 heavy (non-hydrogen) atoms. The van der Waals surface area contributed by atoms with Gasteiger partial charge in [0, 0.05) is 12.8 Å². The summed E-state index contributed by atoms with van der Waals surface area (Å²) >= 11 is 0. The molecule has 0 bridgehead atoms. The summed E-state index contributed by atoms with van der Waals surface area (Å²) in [6.45, 7) is 4.04. The Morgan fingerprint density at radius 2 is 1.11 bits per heavy atom. The second kappa shape index (κ2) is 39.3. The maximum atomic E-state index is 12.7. The lowest BCUT2D eigenvalue weighted by Crippen LogP contribution is -2.29. The van der Waals surface area contributed by atoms with Crippen molar-refractivity contribution in [3.63, 3.8) is 0 Å². The zero-order valence-corrected chi connectivity index (χ0v) is 41.5. The molecule has 0 saturated carbocycles. The number of esters is 2. The second-order valence-electron chi connectivity index (χ2n) is 17.6. The number of aliphatic hydroxyl groups is 1. The summed E-state index contributed by atoms with van der Waals surface area (Å²) in [6.07, 6.45) is 40.3. The minimum Gasteiger partial charge on any atom is -0.462 e. The molecule has 0 aliphatic carbocycles. The van der Waals surface area contributed by atoms with Crippen LogP contribution in [0.15, 0.2) is 36.5 Å². The number of aliphatic hydroxyl groups excluding tert-OH is 1. The fourth-order valence-corrected chi connectivity index (χ4v) is 8.19. The van der Waals surface area contributed by atoms with E-state index >= 15 is 0 Å². The molecule has 1 aliphatic rings. The third-order valence-electron chi connectivity index (χ3n) is 10.9. The van der Waals surface area contributed by atoms with Crippen molar-refractivity contribution in [2.24, 2.45) is 5.92 Å². The van der Waals surface area contributed by atoms with Crippen LogP contribution in [-0.2, 0) is 46.5 Å². The molecule has 0 aromatic carbocycles. The smallest absolute Gasteiger partial charge is 0.462 e. The van der Waals surface area contributed by atoms with Gasteiger partial charge in [-0.2, -0.15) is 0 Å². The molecule has 4 N–H and O–H groups in total. The van der Waals surface area contributed by atoms with E-state index in [0.717, 1.165) is 50.9 Å². The predicted octanol–water partition coefficient (Wildman–Crippen LogP) is 12.1. The first-order valence-electron chi connectivity index (χ1n) is 24.7. The highest BCUT2D eigenvalue weighted by Crippen LogP contribution is 2.44. The van der Waals surface area contributed by atoms with Crippen LogP contribution in [0.25, 0.3) is 0 Å². The molecule has 1 fully saturated rings. The van der Waals surface area contributed by atoms with Gasteiger partial charge in [0.1, 0.15) is 12.7 Å². The van der Waals surface area contributed by atoms with E-state index in [1.165, 1.54) is 103 Å². The number of epoxide rings is 1. The first-order valence-corrected chi connectivity index (χ1v) is 27.7. The number of ether oxygens (including phenoxy) is 3. The van der Waals surface area contributed by atoms with E-state index in [1.54, 1.807) is 0 Å². The van der Waals surface area contributed by atoms with Crippen LogP contribution in [-0.4, -0.2) is 82.6 Å². The Hall–Kier alpha value is -1.70. The van der Waals surface area contributed by atoms with Crippen LogP contribution >= 0.6 is 15.6 Å². The first kappa shape index (κ1) is 60.3. The van der Waals surface area contributed by atoms with Gasteiger partial charge in [0.15, 0.2) is 6.10 Å². The van der Waals surface area contributed by atoms with Gasteiger partial charge in [-0.3, -0.25) is 23.2 Å². The minimum atomic E-state index is -4.87. The highest BCUT2D eigenvalue weighted by Gasteiger charge is 2.36. The van der Waals surface area contributed by atoms with Gasteiger partial charge in [0.25, 0.3) is 0 Å². The minimum absolute atomic E-state index is 0.0531. The fraction of sp³-hybridized carbons (Fsp3) is 0.833. The van der Waals surface area contributed by atoms with Crippen molar-refractivity contribution < 1.29 is 66.3 Å². The number of phosphoric ester groups is 2. The molecule has 0 aromatic heterocycles. The van der Waals surface area contributed by atoms with Crippen LogP contribution in [0, 0.1) is 5.92 Å². The number of rotatable bonds is 45. The number of phosphoric acid groups is 2. The van der Waals surface area contributed by atoms with Crippen molar-refractivity contribution >= 4 is 27.6 Å². The van der Waals surface area contributed by atoms with Gasteiger partial charge in [0.05, 0.1) is 32.0 Å². The van der Waals surface area contributed by atoms with Gasteiger partial charge < -0.3 is 34.0 Å². The summed E-state index contributed by atoms with van der Waals surface area (Å²) in [7, 11) is -9.70. The molecule has 0 radical (unpaired) electrons. The Labute approximate surface area is 386 Å². The van der Waals surface area contributed by atoms with Gasteiger partial charge in [-0.25, -0.2) is 9.13 Å². The Kier molecular flexibility index (Phi) is 37.0. The summed E-state index contributed by atoms with van der Waals surface area (Å²) < 4.78 is 53.6. The number of carbonyl (C=O) groups is 2. The topological polar surface area (TPSA) is 208 Å². The highest BCUT2D eigenvalue weighted by molar-refractivity contribution is 7.47. The normalized spacial score (nSPS) is 17.4. The largest absolute Gasteiger partial charge is 0.472 e. The van der Waals surface area contributed by atoms with Gasteiger partial charge in [-0.05, 0) is 50.9 Å². The molecule has 16 heteroatoms. The van der Waals surface area contributed by atoms with E-state index in [4.69, 9.17) is 33.0 Å². The maximum Gasteiger partial charge on any atom is 0.472 e. The molecule has 0 aromatic rings.